The number of nitrogens with zero attached hydrogens (tertiary/aromatic N) is 3. The van der Waals surface area contributed by atoms with Crippen molar-refractivity contribution in [3.05, 3.63) is 48.3 Å². The molecule has 2 aliphatic heterocycles. The van der Waals surface area contributed by atoms with E-state index in [1.807, 2.05) is 36.4 Å². The second kappa shape index (κ2) is 7.29. The van der Waals surface area contributed by atoms with Crippen molar-refractivity contribution in [1.29, 1.82) is 0 Å². The molecule has 0 bridgehead atoms. The highest BCUT2D eigenvalue weighted by Crippen LogP contribution is 2.35. The predicted octanol–water partition coefficient (Wildman–Crippen LogP) is 1.37. The molecule has 2 aliphatic rings. The SMILES string of the molecule is COc1cc(N2C[C@H]3[C@@H](CNC(=O)c4ccccc4)CO[C@H]3C2)ncn1. The van der Waals surface area contributed by atoms with E-state index in [-0.39, 0.29) is 12.0 Å². The van der Waals surface area contributed by atoms with Gasteiger partial charge in [-0.05, 0) is 12.1 Å². The third kappa shape index (κ3) is 3.35. The predicted molar refractivity (Wildman–Crippen MR) is 96.3 cm³/mol. The molecular weight excluding hydrogens is 332 g/mol. The number of anilines is 1. The number of nitrogens with one attached hydrogen (secondary N) is 1. The van der Waals surface area contributed by atoms with Gasteiger partial charge in [0.05, 0.1) is 19.8 Å². The first-order valence-corrected chi connectivity index (χ1v) is 8.80. The van der Waals surface area contributed by atoms with Crippen LogP contribution in [-0.4, -0.2) is 55.3 Å². The lowest BCUT2D eigenvalue weighted by Gasteiger charge is -2.21. The molecule has 1 N–H and O–H groups in total. The van der Waals surface area contributed by atoms with Gasteiger partial charge >= 0.3 is 0 Å². The molecule has 1 aromatic carbocycles. The molecule has 1 aromatic heterocycles. The number of aromatic nitrogens is 2. The zero-order valence-electron chi connectivity index (χ0n) is 14.7. The second-order valence-corrected chi connectivity index (χ2v) is 6.70. The van der Waals surface area contributed by atoms with E-state index in [0.717, 1.165) is 18.9 Å². The number of ether oxygens (including phenoxy) is 2. The first-order chi connectivity index (χ1) is 12.7. The Bertz CT molecular complexity index is 770. The van der Waals surface area contributed by atoms with Crippen molar-refractivity contribution in [2.75, 3.05) is 38.3 Å². The van der Waals surface area contributed by atoms with E-state index in [0.29, 0.717) is 36.4 Å². The van der Waals surface area contributed by atoms with E-state index >= 15 is 0 Å². The summed E-state index contributed by atoms with van der Waals surface area (Å²) in [5, 5.41) is 3.04. The number of methoxy groups -OCH3 is 1. The van der Waals surface area contributed by atoms with E-state index in [1.165, 1.54) is 6.33 Å². The van der Waals surface area contributed by atoms with Crippen molar-refractivity contribution in [3.63, 3.8) is 0 Å². The number of hydrogen-bond donors (Lipinski definition) is 1. The molecule has 0 spiro atoms. The minimum Gasteiger partial charge on any atom is -0.481 e. The monoisotopic (exact) mass is 354 g/mol. The van der Waals surface area contributed by atoms with Crippen LogP contribution < -0.4 is 15.0 Å². The molecule has 2 saturated heterocycles. The Morgan fingerprint density at radius 2 is 2.15 bits per heavy atom. The average molecular weight is 354 g/mol. The lowest BCUT2D eigenvalue weighted by atomic mass is 9.93. The van der Waals surface area contributed by atoms with Gasteiger partial charge in [-0.25, -0.2) is 9.97 Å². The summed E-state index contributed by atoms with van der Waals surface area (Å²) in [5.41, 5.74) is 0.684. The molecular formula is C19H22N4O3. The maximum atomic E-state index is 12.3. The van der Waals surface area contributed by atoms with Crippen molar-refractivity contribution in [2.45, 2.75) is 6.10 Å². The van der Waals surface area contributed by atoms with Gasteiger partial charge in [-0.15, -0.1) is 0 Å². The van der Waals surface area contributed by atoms with Crippen molar-refractivity contribution in [2.24, 2.45) is 11.8 Å². The summed E-state index contributed by atoms with van der Waals surface area (Å²) in [5.74, 6) is 2.06. The van der Waals surface area contributed by atoms with Gasteiger partial charge in [-0.3, -0.25) is 4.79 Å². The highest BCUT2D eigenvalue weighted by atomic mass is 16.5. The third-order valence-corrected chi connectivity index (χ3v) is 5.16. The fraction of sp³-hybridized carbons (Fsp3) is 0.421. The summed E-state index contributed by atoms with van der Waals surface area (Å²) >= 11 is 0. The van der Waals surface area contributed by atoms with Crippen LogP contribution in [-0.2, 0) is 4.74 Å². The average Bonchev–Trinajstić information content (AvgIpc) is 3.28. The number of benzene rings is 1. The molecule has 136 valence electrons. The van der Waals surface area contributed by atoms with E-state index in [1.54, 1.807) is 7.11 Å². The summed E-state index contributed by atoms with van der Waals surface area (Å²) in [6, 6.07) is 11.1. The van der Waals surface area contributed by atoms with Gasteiger partial charge in [0.2, 0.25) is 5.88 Å². The topological polar surface area (TPSA) is 76.6 Å². The standard InChI is InChI=1S/C19H22N4O3/c1-25-18-7-17(21-12-22-18)23-9-15-14(11-26-16(15)10-23)8-20-19(24)13-5-3-2-4-6-13/h2-7,12,14-16H,8-11H2,1H3,(H,20,24)/t14-,15-,16-/m0/s1. The normalized spacial score (nSPS) is 24.3. The molecule has 3 heterocycles. The molecule has 1 amide bonds. The molecule has 0 saturated carbocycles. The van der Waals surface area contributed by atoms with Crippen LogP contribution in [0.1, 0.15) is 10.4 Å². The Kier molecular flexibility index (Phi) is 4.71. The highest BCUT2D eigenvalue weighted by molar-refractivity contribution is 5.94. The van der Waals surface area contributed by atoms with Crippen LogP contribution >= 0.6 is 0 Å². The van der Waals surface area contributed by atoms with Crippen LogP contribution in [0.2, 0.25) is 0 Å². The summed E-state index contributed by atoms with van der Waals surface area (Å²) in [7, 11) is 1.60. The molecule has 26 heavy (non-hydrogen) atoms. The number of carbonyl (C=O) groups excluding carboxylic acids is 1. The largest absolute Gasteiger partial charge is 0.481 e. The minimum absolute atomic E-state index is 0.0376. The lowest BCUT2D eigenvalue weighted by Crippen LogP contribution is -2.34. The van der Waals surface area contributed by atoms with Crippen molar-refractivity contribution in [3.8, 4) is 5.88 Å². The Morgan fingerprint density at radius 3 is 2.96 bits per heavy atom. The fourth-order valence-corrected chi connectivity index (χ4v) is 3.73. The van der Waals surface area contributed by atoms with Gasteiger partial charge in [0, 0.05) is 43.1 Å². The smallest absolute Gasteiger partial charge is 0.251 e. The number of hydrogen-bond acceptors (Lipinski definition) is 6. The second-order valence-electron chi connectivity index (χ2n) is 6.70. The van der Waals surface area contributed by atoms with Crippen LogP contribution in [0.15, 0.2) is 42.7 Å². The first-order valence-electron chi connectivity index (χ1n) is 8.80. The summed E-state index contributed by atoms with van der Waals surface area (Å²) in [6.07, 6.45) is 1.69. The first kappa shape index (κ1) is 16.8. The van der Waals surface area contributed by atoms with Crippen molar-refractivity contribution >= 4 is 11.7 Å². The summed E-state index contributed by atoms with van der Waals surface area (Å²) in [4.78, 5) is 22.9. The molecule has 0 unspecified atom stereocenters. The van der Waals surface area contributed by atoms with Gasteiger partial charge in [0.25, 0.3) is 5.91 Å². The highest BCUT2D eigenvalue weighted by Gasteiger charge is 2.44. The number of fused-ring (bicyclic) bond motifs is 1. The van der Waals surface area contributed by atoms with Gasteiger partial charge in [-0.1, -0.05) is 18.2 Å². The number of carbonyl (C=O) groups is 1. The Hall–Kier alpha value is -2.67. The van der Waals surface area contributed by atoms with Crippen molar-refractivity contribution in [1.82, 2.24) is 15.3 Å². The molecule has 7 nitrogen and oxygen atoms in total. The van der Waals surface area contributed by atoms with Crippen LogP contribution in [0.5, 0.6) is 5.88 Å². The quantitative estimate of drug-likeness (QED) is 0.874. The van der Waals surface area contributed by atoms with E-state index in [9.17, 15) is 4.79 Å². The van der Waals surface area contributed by atoms with Crippen LogP contribution in [0.25, 0.3) is 0 Å². The van der Waals surface area contributed by atoms with Gasteiger partial charge < -0.3 is 19.7 Å². The van der Waals surface area contributed by atoms with Gasteiger partial charge in [-0.2, -0.15) is 0 Å². The fourth-order valence-electron chi connectivity index (χ4n) is 3.73. The Balaban J connectivity index is 1.36. The molecule has 0 aliphatic carbocycles. The lowest BCUT2D eigenvalue weighted by molar-refractivity contribution is 0.0940. The molecule has 7 heteroatoms. The van der Waals surface area contributed by atoms with E-state index in [2.05, 4.69) is 20.2 Å². The Labute approximate surface area is 152 Å². The molecule has 0 radical (unpaired) electrons. The van der Waals surface area contributed by atoms with Gasteiger partial charge in [0.15, 0.2) is 0 Å². The number of rotatable bonds is 5. The summed E-state index contributed by atoms with van der Waals surface area (Å²) < 4.78 is 11.1. The van der Waals surface area contributed by atoms with Gasteiger partial charge in [0.1, 0.15) is 12.1 Å². The van der Waals surface area contributed by atoms with E-state index in [4.69, 9.17) is 9.47 Å². The minimum atomic E-state index is -0.0376. The van der Waals surface area contributed by atoms with Crippen LogP contribution in [0.3, 0.4) is 0 Å². The Morgan fingerprint density at radius 1 is 1.31 bits per heavy atom. The zero-order chi connectivity index (χ0) is 17.9. The molecule has 4 rings (SSSR count). The maximum absolute atomic E-state index is 12.3. The van der Waals surface area contributed by atoms with E-state index < -0.39 is 0 Å². The molecule has 3 atom stereocenters. The molecule has 2 aromatic rings. The van der Waals surface area contributed by atoms with Crippen LogP contribution in [0.4, 0.5) is 5.82 Å². The number of amides is 1. The van der Waals surface area contributed by atoms with Crippen LogP contribution in [0, 0.1) is 11.8 Å². The zero-order valence-corrected chi connectivity index (χ0v) is 14.7. The van der Waals surface area contributed by atoms with Crippen molar-refractivity contribution < 1.29 is 14.3 Å². The molecule has 2 fully saturated rings. The maximum Gasteiger partial charge on any atom is 0.251 e. The third-order valence-electron chi connectivity index (χ3n) is 5.16. The summed E-state index contributed by atoms with van der Waals surface area (Å²) in [6.45, 7) is 2.96.